The molecule has 0 unspecified atom stereocenters. The van der Waals surface area contributed by atoms with Gasteiger partial charge in [-0.05, 0) is 97.1 Å². The van der Waals surface area contributed by atoms with Gasteiger partial charge < -0.3 is 9.84 Å². The van der Waals surface area contributed by atoms with E-state index in [1.807, 2.05) is 18.2 Å². The molecule has 0 radical (unpaired) electrons. The molecular formula is C31H23IO3S2. The minimum absolute atomic E-state index is 0.00324. The maximum absolute atomic E-state index is 11.0. The van der Waals surface area contributed by atoms with Crippen LogP contribution >= 0.6 is 45.3 Å². The Morgan fingerprint density at radius 2 is 1.38 bits per heavy atom. The highest BCUT2D eigenvalue weighted by Crippen LogP contribution is 2.31. The van der Waals surface area contributed by atoms with Crippen molar-refractivity contribution in [3.63, 3.8) is 0 Å². The SMILES string of the molecule is O=C(O)Cc1ccc(OCC=C(c2ccc(-c3cccs3)cc2)c2ccc(-c3cccs3)cc2)c(I)c1. The Hall–Kier alpha value is -3.20. The van der Waals surface area contributed by atoms with Crippen molar-refractivity contribution < 1.29 is 14.6 Å². The number of hydrogen-bond acceptors (Lipinski definition) is 4. The lowest BCUT2D eigenvalue weighted by Crippen LogP contribution is -2.02. The lowest BCUT2D eigenvalue weighted by molar-refractivity contribution is -0.136. The van der Waals surface area contributed by atoms with Crippen molar-refractivity contribution in [2.45, 2.75) is 6.42 Å². The summed E-state index contributed by atoms with van der Waals surface area (Å²) in [5.41, 5.74) is 6.53. The molecule has 6 heteroatoms. The molecular weight excluding hydrogens is 611 g/mol. The van der Waals surface area contributed by atoms with Crippen LogP contribution in [0.5, 0.6) is 5.75 Å². The highest BCUT2D eigenvalue weighted by atomic mass is 127. The molecule has 0 aliphatic rings. The molecule has 0 amide bonds. The Morgan fingerprint density at radius 1 is 0.811 bits per heavy atom. The molecule has 0 bridgehead atoms. The van der Waals surface area contributed by atoms with Crippen LogP contribution in [0.4, 0.5) is 0 Å². The second-order valence-electron chi connectivity index (χ2n) is 8.37. The Bertz CT molecular complexity index is 1420. The monoisotopic (exact) mass is 634 g/mol. The molecule has 0 spiro atoms. The number of ether oxygens (including phenoxy) is 1. The summed E-state index contributed by atoms with van der Waals surface area (Å²) in [6.07, 6.45) is 2.12. The van der Waals surface area contributed by atoms with Crippen LogP contribution < -0.4 is 4.74 Å². The fourth-order valence-electron chi connectivity index (χ4n) is 4.08. The maximum Gasteiger partial charge on any atom is 0.307 e. The van der Waals surface area contributed by atoms with Gasteiger partial charge in [0.2, 0.25) is 0 Å². The summed E-state index contributed by atoms with van der Waals surface area (Å²) in [7, 11) is 0. The van der Waals surface area contributed by atoms with Crippen LogP contribution in [0.2, 0.25) is 0 Å². The van der Waals surface area contributed by atoms with E-state index in [9.17, 15) is 4.79 Å². The summed E-state index contributed by atoms with van der Waals surface area (Å²) in [4.78, 5) is 13.5. The molecule has 37 heavy (non-hydrogen) atoms. The first kappa shape index (κ1) is 25.4. The van der Waals surface area contributed by atoms with Gasteiger partial charge >= 0.3 is 5.97 Å². The van der Waals surface area contributed by atoms with Gasteiger partial charge in [-0.3, -0.25) is 4.79 Å². The first-order valence-electron chi connectivity index (χ1n) is 11.7. The zero-order chi connectivity index (χ0) is 25.6. The van der Waals surface area contributed by atoms with E-state index in [1.165, 1.54) is 20.9 Å². The predicted octanol–water partition coefficient (Wildman–Crippen LogP) is 8.89. The van der Waals surface area contributed by atoms with Crippen LogP contribution in [-0.4, -0.2) is 17.7 Å². The van der Waals surface area contributed by atoms with Gasteiger partial charge in [0.25, 0.3) is 0 Å². The summed E-state index contributed by atoms with van der Waals surface area (Å²) in [5.74, 6) is -0.0985. The van der Waals surface area contributed by atoms with Crippen LogP contribution in [0, 0.1) is 3.57 Å². The number of halogens is 1. The van der Waals surface area contributed by atoms with E-state index in [4.69, 9.17) is 9.84 Å². The fourth-order valence-corrected chi connectivity index (χ4v) is 6.28. The summed E-state index contributed by atoms with van der Waals surface area (Å²) in [6.45, 7) is 0.392. The molecule has 0 fully saturated rings. The highest BCUT2D eigenvalue weighted by molar-refractivity contribution is 14.1. The third-order valence-corrected chi connectivity index (χ3v) is 8.56. The van der Waals surface area contributed by atoms with Gasteiger partial charge in [0, 0.05) is 9.75 Å². The summed E-state index contributed by atoms with van der Waals surface area (Å²) in [6, 6.07) is 31.3. The maximum atomic E-state index is 11.0. The average molecular weight is 635 g/mol. The topological polar surface area (TPSA) is 46.5 Å². The molecule has 0 aliphatic carbocycles. The van der Waals surface area contributed by atoms with Gasteiger partial charge in [-0.25, -0.2) is 0 Å². The van der Waals surface area contributed by atoms with Crippen LogP contribution in [0.1, 0.15) is 16.7 Å². The molecule has 5 aromatic rings. The number of thiophene rings is 2. The molecule has 2 aromatic heterocycles. The van der Waals surface area contributed by atoms with Crippen molar-refractivity contribution in [2.75, 3.05) is 6.61 Å². The van der Waals surface area contributed by atoms with Crippen molar-refractivity contribution >= 4 is 56.8 Å². The summed E-state index contributed by atoms with van der Waals surface area (Å²) in [5, 5.41) is 13.2. The first-order chi connectivity index (χ1) is 18.1. The fraction of sp³-hybridized carbons (Fsp3) is 0.0645. The Morgan fingerprint density at radius 3 is 1.84 bits per heavy atom. The molecule has 0 saturated carbocycles. The minimum atomic E-state index is -0.841. The van der Waals surface area contributed by atoms with E-state index in [-0.39, 0.29) is 6.42 Å². The lowest BCUT2D eigenvalue weighted by atomic mass is 9.95. The van der Waals surface area contributed by atoms with Gasteiger partial charge in [-0.1, -0.05) is 66.7 Å². The Balaban J connectivity index is 1.41. The zero-order valence-corrected chi connectivity index (χ0v) is 23.6. The van der Waals surface area contributed by atoms with Gasteiger partial charge in [0.15, 0.2) is 0 Å². The van der Waals surface area contributed by atoms with Crippen LogP contribution in [-0.2, 0) is 11.2 Å². The smallest absolute Gasteiger partial charge is 0.307 e. The molecule has 2 heterocycles. The van der Waals surface area contributed by atoms with Crippen molar-refractivity contribution in [1.82, 2.24) is 0 Å². The standard InChI is InChI=1S/C31H23IO3S2/c32-27-19-21(20-31(33)34)5-14-28(27)35-16-15-26(22-6-10-24(11-7-22)29-3-1-17-36-29)23-8-12-25(13-9-23)30-4-2-18-37-30/h1-15,17-19H,16,20H2,(H,33,34). The molecule has 0 saturated heterocycles. The van der Waals surface area contributed by atoms with Crippen molar-refractivity contribution in [1.29, 1.82) is 0 Å². The Labute approximate surface area is 237 Å². The number of aliphatic carboxylic acids is 1. The number of benzene rings is 3. The van der Waals surface area contributed by atoms with E-state index in [1.54, 1.807) is 22.7 Å². The van der Waals surface area contributed by atoms with E-state index in [0.29, 0.717) is 6.61 Å². The average Bonchev–Trinajstić information content (AvgIpc) is 3.63. The highest BCUT2D eigenvalue weighted by Gasteiger charge is 2.10. The molecule has 3 nitrogen and oxygen atoms in total. The molecule has 1 N–H and O–H groups in total. The zero-order valence-electron chi connectivity index (χ0n) is 19.8. The van der Waals surface area contributed by atoms with E-state index < -0.39 is 5.97 Å². The van der Waals surface area contributed by atoms with Gasteiger partial charge in [-0.15, -0.1) is 22.7 Å². The number of carboxylic acid groups (broad SMARTS) is 1. The third-order valence-electron chi connectivity index (χ3n) is 5.88. The molecule has 184 valence electrons. The Kier molecular flexibility index (Phi) is 8.18. The first-order valence-corrected chi connectivity index (χ1v) is 14.5. The van der Waals surface area contributed by atoms with Gasteiger partial charge in [0.1, 0.15) is 12.4 Å². The number of rotatable bonds is 9. The third kappa shape index (κ3) is 6.39. The molecule has 3 aromatic carbocycles. The van der Waals surface area contributed by atoms with Crippen LogP contribution in [0.25, 0.3) is 26.5 Å². The van der Waals surface area contributed by atoms with Crippen molar-refractivity contribution in [3.8, 4) is 26.6 Å². The van der Waals surface area contributed by atoms with Gasteiger partial charge in [-0.2, -0.15) is 0 Å². The summed E-state index contributed by atoms with van der Waals surface area (Å²) >= 11 is 5.67. The molecule has 5 rings (SSSR count). The van der Waals surface area contributed by atoms with Crippen molar-refractivity contribution in [3.05, 3.63) is 128 Å². The quantitative estimate of drug-likeness (QED) is 0.165. The second kappa shape index (κ2) is 11.9. The van der Waals surface area contributed by atoms with Crippen molar-refractivity contribution in [2.24, 2.45) is 0 Å². The predicted molar refractivity (Wildman–Crippen MR) is 163 cm³/mol. The number of hydrogen-bond donors (Lipinski definition) is 1. The largest absolute Gasteiger partial charge is 0.488 e. The second-order valence-corrected chi connectivity index (χ2v) is 11.4. The normalized spacial score (nSPS) is 10.7. The van der Waals surface area contributed by atoms with E-state index >= 15 is 0 Å². The van der Waals surface area contributed by atoms with Crippen LogP contribution in [0.3, 0.4) is 0 Å². The lowest BCUT2D eigenvalue weighted by Gasteiger charge is -2.12. The number of carboxylic acids is 1. The van der Waals surface area contributed by atoms with Gasteiger partial charge in [0.05, 0.1) is 9.99 Å². The number of carbonyl (C=O) groups is 1. The molecule has 0 aliphatic heterocycles. The molecule has 0 atom stereocenters. The van der Waals surface area contributed by atoms with Crippen LogP contribution in [0.15, 0.2) is 108 Å². The summed E-state index contributed by atoms with van der Waals surface area (Å²) < 4.78 is 7.00. The van der Waals surface area contributed by atoms with E-state index in [0.717, 1.165) is 31.6 Å². The van der Waals surface area contributed by atoms with E-state index in [2.05, 4.69) is 112 Å². The minimum Gasteiger partial charge on any atom is -0.488 e.